The van der Waals surface area contributed by atoms with Crippen molar-refractivity contribution < 1.29 is 4.79 Å². The summed E-state index contributed by atoms with van der Waals surface area (Å²) in [6.45, 7) is 1.79. The van der Waals surface area contributed by atoms with Crippen molar-refractivity contribution in [1.29, 1.82) is 0 Å². The summed E-state index contributed by atoms with van der Waals surface area (Å²) >= 11 is 3.54. The quantitative estimate of drug-likeness (QED) is 0.925. The first-order valence-corrected chi connectivity index (χ1v) is 6.40. The molecule has 5 heteroatoms. The minimum absolute atomic E-state index is 0.0520. The molecular formula is C12H16BrN3O. The van der Waals surface area contributed by atoms with Crippen LogP contribution in [-0.4, -0.2) is 42.5 Å². The Morgan fingerprint density at radius 1 is 1.47 bits per heavy atom. The van der Waals surface area contributed by atoms with Gasteiger partial charge < -0.3 is 15.5 Å². The summed E-state index contributed by atoms with van der Waals surface area (Å²) in [4.78, 5) is 15.5. The van der Waals surface area contributed by atoms with Crippen LogP contribution in [0.15, 0.2) is 28.7 Å². The van der Waals surface area contributed by atoms with Crippen LogP contribution in [0.25, 0.3) is 0 Å². The number of carbonyl (C=O) groups excluding carboxylic acids is 1. The van der Waals surface area contributed by atoms with Crippen LogP contribution in [0.3, 0.4) is 0 Å². The molecule has 0 radical (unpaired) electrons. The molecule has 2 amide bonds. The molecule has 1 aromatic rings. The maximum atomic E-state index is 12.0. The lowest BCUT2D eigenvalue weighted by atomic mass is 10.1. The molecule has 0 aliphatic carbocycles. The first-order chi connectivity index (χ1) is 8.15. The highest BCUT2D eigenvalue weighted by molar-refractivity contribution is 9.10. The molecule has 1 aliphatic heterocycles. The van der Waals surface area contributed by atoms with Gasteiger partial charge >= 0.3 is 6.03 Å². The summed E-state index contributed by atoms with van der Waals surface area (Å²) in [5.41, 5.74) is 6.71. The van der Waals surface area contributed by atoms with Gasteiger partial charge in [0.2, 0.25) is 0 Å². The molecule has 2 N–H and O–H groups in total. The van der Waals surface area contributed by atoms with Gasteiger partial charge in [-0.05, 0) is 11.6 Å². The van der Waals surface area contributed by atoms with E-state index in [9.17, 15) is 4.79 Å². The van der Waals surface area contributed by atoms with E-state index in [0.29, 0.717) is 19.6 Å². The highest BCUT2D eigenvalue weighted by Crippen LogP contribution is 2.32. The van der Waals surface area contributed by atoms with Crippen LogP contribution >= 0.6 is 15.9 Å². The van der Waals surface area contributed by atoms with E-state index in [4.69, 9.17) is 5.73 Å². The van der Waals surface area contributed by atoms with Gasteiger partial charge in [0.05, 0.1) is 6.04 Å². The second kappa shape index (κ2) is 5.06. The molecule has 4 nitrogen and oxygen atoms in total. The van der Waals surface area contributed by atoms with Crippen molar-refractivity contribution in [3.05, 3.63) is 34.3 Å². The van der Waals surface area contributed by atoms with Crippen molar-refractivity contribution in [3.63, 3.8) is 0 Å². The van der Waals surface area contributed by atoms with Crippen molar-refractivity contribution in [3.8, 4) is 0 Å². The standard InChI is InChI=1S/C12H16BrN3O/c1-15-8-11(16(7-6-14)12(15)17)9-4-2-3-5-10(9)13/h2-5,11H,6-8,14H2,1H3. The highest BCUT2D eigenvalue weighted by Gasteiger charge is 2.36. The van der Waals surface area contributed by atoms with Crippen LogP contribution in [0.5, 0.6) is 0 Å². The largest absolute Gasteiger partial charge is 0.329 e. The average Bonchev–Trinajstić information content (AvgIpc) is 2.58. The number of likely N-dealkylation sites (N-methyl/N-ethyl adjacent to an activating group) is 1. The van der Waals surface area contributed by atoms with Crippen LogP contribution < -0.4 is 5.73 Å². The molecule has 1 fully saturated rings. The summed E-state index contributed by atoms with van der Waals surface area (Å²) in [5, 5.41) is 0. The van der Waals surface area contributed by atoms with E-state index in [-0.39, 0.29) is 12.1 Å². The summed E-state index contributed by atoms with van der Waals surface area (Å²) in [5.74, 6) is 0. The van der Waals surface area contributed by atoms with E-state index in [1.165, 1.54) is 0 Å². The summed E-state index contributed by atoms with van der Waals surface area (Å²) in [6, 6.07) is 8.15. The number of hydrogen-bond donors (Lipinski definition) is 1. The molecule has 92 valence electrons. The maximum absolute atomic E-state index is 12.0. The Morgan fingerprint density at radius 2 is 2.18 bits per heavy atom. The number of nitrogens with zero attached hydrogens (tertiary/aromatic N) is 2. The van der Waals surface area contributed by atoms with Crippen LogP contribution in [0.1, 0.15) is 11.6 Å². The van der Waals surface area contributed by atoms with Crippen LogP contribution in [-0.2, 0) is 0 Å². The fourth-order valence-electron chi connectivity index (χ4n) is 2.19. The van der Waals surface area contributed by atoms with E-state index >= 15 is 0 Å². The van der Waals surface area contributed by atoms with Crippen molar-refractivity contribution in [2.24, 2.45) is 5.73 Å². The smallest absolute Gasteiger partial charge is 0.320 e. The average molecular weight is 298 g/mol. The van der Waals surface area contributed by atoms with E-state index in [0.717, 1.165) is 10.0 Å². The van der Waals surface area contributed by atoms with Gasteiger partial charge in [-0.25, -0.2) is 4.79 Å². The van der Waals surface area contributed by atoms with E-state index < -0.39 is 0 Å². The zero-order chi connectivity index (χ0) is 12.4. The summed E-state index contributed by atoms with van der Waals surface area (Å²) in [7, 11) is 1.82. The van der Waals surface area contributed by atoms with Gasteiger partial charge in [0.1, 0.15) is 0 Å². The van der Waals surface area contributed by atoms with Gasteiger partial charge in [0.25, 0.3) is 0 Å². The van der Waals surface area contributed by atoms with Gasteiger partial charge in [-0.2, -0.15) is 0 Å². The third kappa shape index (κ3) is 2.30. The minimum atomic E-state index is 0.0520. The molecule has 1 unspecified atom stereocenters. The number of hydrogen-bond acceptors (Lipinski definition) is 2. The van der Waals surface area contributed by atoms with Gasteiger partial charge in [-0.1, -0.05) is 34.1 Å². The zero-order valence-electron chi connectivity index (χ0n) is 9.77. The second-order valence-electron chi connectivity index (χ2n) is 4.18. The predicted molar refractivity (Wildman–Crippen MR) is 70.7 cm³/mol. The Hall–Kier alpha value is -1.07. The Labute approximate surface area is 110 Å². The number of benzene rings is 1. The molecule has 0 bridgehead atoms. The molecule has 0 spiro atoms. The Bertz CT molecular complexity index is 424. The van der Waals surface area contributed by atoms with E-state index in [2.05, 4.69) is 15.9 Å². The van der Waals surface area contributed by atoms with Crippen molar-refractivity contribution in [1.82, 2.24) is 9.80 Å². The van der Waals surface area contributed by atoms with Crippen molar-refractivity contribution in [2.45, 2.75) is 6.04 Å². The Morgan fingerprint density at radius 3 is 2.82 bits per heavy atom. The lowest BCUT2D eigenvalue weighted by Crippen LogP contribution is -2.34. The zero-order valence-corrected chi connectivity index (χ0v) is 11.4. The van der Waals surface area contributed by atoms with Gasteiger partial charge in [-0.15, -0.1) is 0 Å². The number of urea groups is 1. The first kappa shape index (κ1) is 12.4. The normalized spacial score (nSPS) is 20.2. The van der Waals surface area contributed by atoms with Crippen molar-refractivity contribution >= 4 is 22.0 Å². The fourth-order valence-corrected chi connectivity index (χ4v) is 2.74. The third-order valence-corrected chi connectivity index (χ3v) is 3.75. The molecule has 2 rings (SSSR count). The molecule has 17 heavy (non-hydrogen) atoms. The third-order valence-electron chi connectivity index (χ3n) is 3.03. The molecule has 0 aromatic heterocycles. The molecular weight excluding hydrogens is 282 g/mol. The van der Waals surface area contributed by atoms with Gasteiger partial charge in [0, 0.05) is 31.2 Å². The van der Waals surface area contributed by atoms with Crippen LogP contribution in [0, 0.1) is 0 Å². The molecule has 1 atom stereocenters. The first-order valence-electron chi connectivity index (χ1n) is 5.61. The summed E-state index contributed by atoms with van der Waals surface area (Å²) in [6.07, 6.45) is 0. The van der Waals surface area contributed by atoms with E-state index in [1.54, 1.807) is 4.90 Å². The molecule has 1 saturated heterocycles. The summed E-state index contributed by atoms with van der Waals surface area (Å²) < 4.78 is 1.04. The number of carbonyl (C=O) groups is 1. The number of rotatable bonds is 3. The number of halogens is 1. The lowest BCUT2D eigenvalue weighted by Gasteiger charge is -2.23. The second-order valence-corrected chi connectivity index (χ2v) is 5.04. The fraction of sp³-hybridized carbons (Fsp3) is 0.417. The minimum Gasteiger partial charge on any atom is -0.329 e. The Balaban J connectivity index is 2.31. The number of nitrogens with two attached hydrogens (primary N) is 1. The SMILES string of the molecule is CN1CC(c2ccccc2Br)N(CCN)C1=O. The van der Waals surface area contributed by atoms with E-state index in [1.807, 2.05) is 36.2 Å². The number of amides is 2. The lowest BCUT2D eigenvalue weighted by molar-refractivity contribution is 0.192. The van der Waals surface area contributed by atoms with Crippen molar-refractivity contribution in [2.75, 3.05) is 26.7 Å². The van der Waals surface area contributed by atoms with Gasteiger partial charge in [0.15, 0.2) is 0 Å². The molecule has 1 aliphatic rings. The predicted octanol–water partition coefficient (Wildman–Crippen LogP) is 1.82. The Kier molecular flexibility index (Phi) is 3.69. The maximum Gasteiger partial charge on any atom is 0.320 e. The molecule has 1 aromatic carbocycles. The monoisotopic (exact) mass is 297 g/mol. The van der Waals surface area contributed by atoms with Gasteiger partial charge in [-0.3, -0.25) is 0 Å². The molecule has 0 saturated carbocycles. The van der Waals surface area contributed by atoms with Crippen LogP contribution in [0.4, 0.5) is 4.79 Å². The molecule has 1 heterocycles. The topological polar surface area (TPSA) is 49.6 Å². The van der Waals surface area contributed by atoms with Crippen LogP contribution in [0.2, 0.25) is 0 Å². The highest BCUT2D eigenvalue weighted by atomic mass is 79.9.